The van der Waals surface area contributed by atoms with Crippen LogP contribution in [0.15, 0.2) is 400 Å². The van der Waals surface area contributed by atoms with E-state index < -0.39 is 0 Å². The first-order valence-corrected chi connectivity index (χ1v) is 37.6. The van der Waals surface area contributed by atoms with E-state index in [0.717, 1.165) is 121 Å². The lowest BCUT2D eigenvalue weighted by molar-refractivity contribution is 1.39. The van der Waals surface area contributed by atoms with E-state index in [1.165, 1.54) is 98.4 Å². The Balaban J connectivity index is 0.000000140. The molecule has 4 heterocycles. The molecule has 110 heavy (non-hydrogen) atoms. The maximum Gasteiger partial charge on any atom is 0.0794 e. The van der Waals surface area contributed by atoms with Gasteiger partial charge < -0.3 is 0 Å². The van der Waals surface area contributed by atoms with Crippen LogP contribution in [0.3, 0.4) is 0 Å². The summed E-state index contributed by atoms with van der Waals surface area (Å²) >= 11 is 0. The summed E-state index contributed by atoms with van der Waals surface area (Å²) in [6.07, 6.45) is 0. The van der Waals surface area contributed by atoms with Crippen molar-refractivity contribution in [2.75, 3.05) is 0 Å². The highest BCUT2D eigenvalue weighted by atomic mass is 14.7. The number of para-hydroxylation sites is 3. The number of pyridine rings is 4. The zero-order valence-corrected chi connectivity index (χ0v) is 59.9. The minimum Gasteiger partial charge on any atom is -0.248 e. The van der Waals surface area contributed by atoms with Crippen LogP contribution < -0.4 is 0 Å². The molecule has 0 saturated heterocycles. The molecule has 0 bridgehead atoms. The molecule has 0 radical (unpaired) electrons. The van der Waals surface area contributed by atoms with Crippen molar-refractivity contribution in [2.24, 2.45) is 0 Å². The van der Waals surface area contributed by atoms with Gasteiger partial charge in [-0.05, 0) is 188 Å². The summed E-state index contributed by atoms with van der Waals surface area (Å²) < 4.78 is 0. The number of hydrogen-bond donors (Lipinski definition) is 0. The molecule has 0 atom stereocenters. The minimum atomic E-state index is 0.953. The third-order valence-electron chi connectivity index (χ3n) is 22.2. The molecular formula is C106H66N4. The van der Waals surface area contributed by atoms with Gasteiger partial charge in [0.05, 0.1) is 44.7 Å². The smallest absolute Gasteiger partial charge is 0.0794 e. The third-order valence-corrected chi connectivity index (χ3v) is 22.2. The van der Waals surface area contributed by atoms with Crippen molar-refractivity contribution < 1.29 is 0 Å². The first-order chi connectivity index (χ1) is 54.5. The second-order valence-electron chi connectivity index (χ2n) is 28.7. The van der Waals surface area contributed by atoms with E-state index in [-0.39, 0.29) is 0 Å². The first kappa shape index (κ1) is 63.9. The van der Waals surface area contributed by atoms with Crippen molar-refractivity contribution in [3.05, 3.63) is 400 Å². The Morgan fingerprint density at radius 1 is 0.136 bits per heavy atom. The molecule has 22 aromatic rings. The Labute approximate surface area is 635 Å². The molecule has 4 nitrogen and oxygen atoms in total. The predicted molar refractivity (Wildman–Crippen MR) is 466 cm³/mol. The van der Waals surface area contributed by atoms with Gasteiger partial charge in [-0.15, -0.1) is 0 Å². The topological polar surface area (TPSA) is 51.6 Å². The monoisotopic (exact) mass is 1390 g/mol. The molecule has 22 rings (SSSR count). The Morgan fingerprint density at radius 2 is 0.418 bits per heavy atom. The number of aromatic nitrogens is 4. The van der Waals surface area contributed by atoms with Crippen LogP contribution >= 0.6 is 0 Å². The molecule has 4 aromatic heterocycles. The predicted octanol–water partition coefficient (Wildman–Crippen LogP) is 28.6. The van der Waals surface area contributed by atoms with Crippen molar-refractivity contribution in [1.82, 2.24) is 19.9 Å². The highest BCUT2D eigenvalue weighted by molar-refractivity contribution is 6.19. The quantitative estimate of drug-likeness (QED) is 0.107. The molecule has 0 amide bonds. The molecule has 4 heteroatoms. The van der Waals surface area contributed by atoms with Crippen LogP contribution in [-0.4, -0.2) is 19.9 Å². The summed E-state index contributed by atoms with van der Waals surface area (Å²) in [4.78, 5) is 21.1. The van der Waals surface area contributed by atoms with E-state index in [9.17, 15) is 0 Å². The van der Waals surface area contributed by atoms with E-state index in [1.54, 1.807) is 0 Å². The molecule has 0 aliphatic rings. The minimum absolute atomic E-state index is 0.953. The molecule has 0 aliphatic carbocycles. The number of nitrogens with zero attached hydrogens (tertiary/aromatic N) is 4. The van der Waals surface area contributed by atoms with Gasteiger partial charge in [-0.25, -0.2) is 19.9 Å². The van der Waals surface area contributed by atoms with Gasteiger partial charge in [0.15, 0.2) is 0 Å². The van der Waals surface area contributed by atoms with E-state index in [4.69, 9.17) is 19.9 Å². The van der Waals surface area contributed by atoms with E-state index in [2.05, 4.69) is 400 Å². The average Bonchev–Trinajstić information content (AvgIpc) is 0.744. The summed E-state index contributed by atoms with van der Waals surface area (Å²) in [5.74, 6) is 0. The number of rotatable bonds is 9. The molecule has 510 valence electrons. The molecule has 0 fully saturated rings. The molecule has 0 N–H and O–H groups in total. The fraction of sp³-hybridized carbons (Fsp3) is 0. The normalized spacial score (nSPS) is 11.6. The highest BCUT2D eigenvalue weighted by Gasteiger charge is 2.21. The van der Waals surface area contributed by atoms with Crippen molar-refractivity contribution in [2.45, 2.75) is 0 Å². The average molecular weight is 1400 g/mol. The van der Waals surface area contributed by atoms with Gasteiger partial charge in [0, 0.05) is 60.0 Å². The summed E-state index contributed by atoms with van der Waals surface area (Å²) in [6.45, 7) is 0. The Bertz CT molecular complexity index is 7400. The fourth-order valence-corrected chi connectivity index (χ4v) is 16.7. The SMILES string of the molecule is c1ccc(-c2cc(-c3ccc(-c4cc(-c5ccc6ccccc6c5)nc5c4cc(-c4ccc6ccccc6c4)c4ccccc45)cc3)nc3ccccc23)cc1.c1ccc2cc(-c3cc(-c4ccc(-c5c6ccccc6nc6ccccc56)cc4)c4cc(-c5ccc6ccccc6c5)c5ccccc5c4n3)ccc2c1. The lowest BCUT2D eigenvalue weighted by Gasteiger charge is -2.17. The Kier molecular flexibility index (Phi) is 15.5. The molecule has 0 saturated carbocycles. The van der Waals surface area contributed by atoms with E-state index in [0.29, 0.717) is 0 Å². The Morgan fingerprint density at radius 3 is 0.855 bits per heavy atom. The fourth-order valence-electron chi connectivity index (χ4n) is 16.7. The maximum atomic E-state index is 5.48. The third kappa shape index (κ3) is 11.4. The molecule has 18 aromatic carbocycles. The van der Waals surface area contributed by atoms with Crippen molar-refractivity contribution in [1.29, 1.82) is 0 Å². The molecule has 0 spiro atoms. The summed E-state index contributed by atoms with van der Waals surface area (Å²) in [5.41, 5.74) is 25.3. The van der Waals surface area contributed by atoms with E-state index >= 15 is 0 Å². The van der Waals surface area contributed by atoms with Crippen LogP contribution in [0, 0.1) is 0 Å². The molecule has 0 unspecified atom stereocenters. The van der Waals surface area contributed by atoms with Gasteiger partial charge in [-0.1, -0.05) is 328 Å². The Hall–Kier alpha value is -14.6. The van der Waals surface area contributed by atoms with Crippen molar-refractivity contribution in [3.63, 3.8) is 0 Å². The summed E-state index contributed by atoms with van der Waals surface area (Å²) in [6, 6.07) is 144. The van der Waals surface area contributed by atoms with Gasteiger partial charge in [0.25, 0.3) is 0 Å². The van der Waals surface area contributed by atoms with Crippen LogP contribution in [0.1, 0.15) is 0 Å². The van der Waals surface area contributed by atoms with Crippen LogP contribution in [-0.2, 0) is 0 Å². The van der Waals surface area contributed by atoms with Gasteiger partial charge in [0.1, 0.15) is 0 Å². The second-order valence-corrected chi connectivity index (χ2v) is 28.7. The highest BCUT2D eigenvalue weighted by Crippen LogP contribution is 2.46. The number of fused-ring (bicyclic) bond motifs is 13. The summed E-state index contributed by atoms with van der Waals surface area (Å²) in [5, 5.41) is 20.2. The zero-order valence-electron chi connectivity index (χ0n) is 59.9. The van der Waals surface area contributed by atoms with E-state index in [1.807, 2.05) is 0 Å². The van der Waals surface area contributed by atoms with Crippen molar-refractivity contribution in [3.8, 4) is 101 Å². The van der Waals surface area contributed by atoms with Crippen LogP contribution in [0.25, 0.3) is 220 Å². The zero-order chi connectivity index (χ0) is 72.6. The summed E-state index contributed by atoms with van der Waals surface area (Å²) in [7, 11) is 0. The van der Waals surface area contributed by atoms with Crippen LogP contribution in [0.4, 0.5) is 0 Å². The van der Waals surface area contributed by atoms with Gasteiger partial charge in [-0.3, -0.25) is 0 Å². The van der Waals surface area contributed by atoms with Gasteiger partial charge >= 0.3 is 0 Å². The van der Waals surface area contributed by atoms with Crippen LogP contribution in [0.5, 0.6) is 0 Å². The standard InChI is InChI=1S/C54H34N2.C52H32N2/c1-2-14-37(15-3-1)48-33-52(55-51-21-11-10-19-45(48)51)39-26-24-38(25-27-39)49-34-53(43-29-23-36-13-5-7-17-41(36)31-43)56-54-46-20-9-8-18-44(46)47(32-50(49)54)42-28-22-35-12-4-6-16-40(35)30-42;1-3-13-37-29-39(27-21-33(37)11-1)45-31-47-46(35-23-25-36(26-24-35)51-43-17-7-9-19-48(43)53-49-20-10-8-18-44(49)51)32-50(54-52(47)42-16-6-5-15-41(42)45)40-28-22-34-12-2-4-14-38(34)30-40/h1-34H;1-32H. The molecule has 0 aliphatic heterocycles. The maximum absolute atomic E-state index is 5.48. The largest absolute Gasteiger partial charge is 0.248 e. The van der Waals surface area contributed by atoms with Crippen LogP contribution in [0.2, 0.25) is 0 Å². The second kappa shape index (κ2) is 26.8. The molecular weight excluding hydrogens is 1330 g/mol. The lowest BCUT2D eigenvalue weighted by atomic mass is 9.89. The van der Waals surface area contributed by atoms with Crippen molar-refractivity contribution >= 4 is 119 Å². The number of benzene rings is 18. The lowest BCUT2D eigenvalue weighted by Crippen LogP contribution is -1.94. The van der Waals surface area contributed by atoms with Gasteiger partial charge in [-0.2, -0.15) is 0 Å². The van der Waals surface area contributed by atoms with Gasteiger partial charge in [0.2, 0.25) is 0 Å². The first-order valence-electron chi connectivity index (χ1n) is 37.6. The number of hydrogen-bond acceptors (Lipinski definition) is 4.